The first-order valence-corrected chi connectivity index (χ1v) is 7.06. The van der Waals surface area contributed by atoms with E-state index >= 15 is 0 Å². The van der Waals surface area contributed by atoms with Gasteiger partial charge >= 0.3 is 0 Å². The molecule has 0 fully saturated rings. The molecule has 0 radical (unpaired) electrons. The molecule has 0 spiro atoms. The van der Waals surface area contributed by atoms with Crippen LogP contribution in [0, 0.1) is 0 Å². The zero-order valence-corrected chi connectivity index (χ0v) is 10.7. The van der Waals surface area contributed by atoms with E-state index in [1.807, 2.05) is 0 Å². The van der Waals surface area contributed by atoms with Crippen molar-refractivity contribution < 1.29 is 13.2 Å². The summed E-state index contributed by atoms with van der Waals surface area (Å²) in [4.78, 5) is 0.328. The second kappa shape index (κ2) is 6.23. The number of sulfone groups is 1. The molecule has 16 heavy (non-hydrogen) atoms. The summed E-state index contributed by atoms with van der Waals surface area (Å²) in [5.41, 5.74) is 0. The number of hydrogen-bond donors (Lipinski definition) is 0. The molecule has 1 aromatic carbocycles. The Morgan fingerprint density at radius 2 is 1.81 bits per heavy atom. The Labute approximate surface area is 101 Å². The van der Waals surface area contributed by atoms with E-state index in [2.05, 4.69) is 0 Å². The smallest absolute Gasteiger partial charge is 0.178 e. The maximum absolute atomic E-state index is 11.8. The molecular weight excluding hydrogens is 248 g/mol. The summed E-state index contributed by atoms with van der Waals surface area (Å²) in [7, 11) is -1.57. The van der Waals surface area contributed by atoms with Crippen molar-refractivity contribution in [3.05, 3.63) is 29.3 Å². The molecule has 0 amide bonds. The summed E-state index contributed by atoms with van der Waals surface area (Å²) in [6.07, 6.45) is 1.36. The summed E-state index contributed by atoms with van der Waals surface area (Å²) in [6.45, 7) is 0.593. The lowest BCUT2D eigenvalue weighted by Crippen LogP contribution is -2.07. The van der Waals surface area contributed by atoms with Gasteiger partial charge in [-0.05, 0) is 37.1 Å². The highest BCUT2D eigenvalue weighted by molar-refractivity contribution is 7.91. The maximum Gasteiger partial charge on any atom is 0.178 e. The van der Waals surface area contributed by atoms with Gasteiger partial charge in [0.25, 0.3) is 0 Å². The van der Waals surface area contributed by atoms with Crippen molar-refractivity contribution >= 4 is 21.4 Å². The van der Waals surface area contributed by atoms with Gasteiger partial charge < -0.3 is 4.74 Å². The minimum absolute atomic E-state index is 0.151. The minimum atomic E-state index is -3.17. The highest BCUT2D eigenvalue weighted by Gasteiger charge is 2.13. The van der Waals surface area contributed by atoms with Crippen LogP contribution in [-0.2, 0) is 14.6 Å². The molecule has 1 aromatic rings. The lowest BCUT2D eigenvalue weighted by atomic mass is 10.4. The van der Waals surface area contributed by atoms with E-state index < -0.39 is 9.84 Å². The molecule has 0 heterocycles. The highest BCUT2D eigenvalue weighted by Crippen LogP contribution is 2.16. The van der Waals surface area contributed by atoms with Crippen molar-refractivity contribution in [1.82, 2.24) is 0 Å². The number of unbranched alkanes of at least 4 members (excludes halogenated alkanes) is 1. The zero-order valence-electron chi connectivity index (χ0n) is 9.15. The fraction of sp³-hybridized carbons (Fsp3) is 0.455. The maximum atomic E-state index is 11.8. The second-order valence-electron chi connectivity index (χ2n) is 3.47. The summed E-state index contributed by atoms with van der Waals surface area (Å²) >= 11 is 5.70. The highest BCUT2D eigenvalue weighted by atomic mass is 35.5. The Kier molecular flexibility index (Phi) is 5.25. The van der Waals surface area contributed by atoms with Crippen LogP contribution in [0.1, 0.15) is 12.8 Å². The van der Waals surface area contributed by atoms with Gasteiger partial charge in [0.15, 0.2) is 9.84 Å². The lowest BCUT2D eigenvalue weighted by molar-refractivity contribution is 0.194. The first-order valence-electron chi connectivity index (χ1n) is 5.03. The van der Waals surface area contributed by atoms with E-state index in [-0.39, 0.29) is 5.75 Å². The number of benzene rings is 1. The van der Waals surface area contributed by atoms with Gasteiger partial charge in [0.05, 0.1) is 10.6 Å². The second-order valence-corrected chi connectivity index (χ2v) is 6.02. The molecule has 1 rings (SSSR count). The first-order chi connectivity index (χ1) is 7.56. The van der Waals surface area contributed by atoms with Crippen LogP contribution in [0.2, 0.25) is 5.02 Å². The number of ether oxygens (including phenoxy) is 1. The normalized spacial score (nSPS) is 11.6. The standard InChI is InChI=1S/C11H15ClO3S/c1-15-8-2-3-9-16(13,14)11-6-4-10(12)5-7-11/h4-7H,2-3,8-9H2,1H3. The number of halogens is 1. The van der Waals surface area contributed by atoms with E-state index in [0.29, 0.717) is 22.9 Å². The monoisotopic (exact) mass is 262 g/mol. The van der Waals surface area contributed by atoms with Crippen LogP contribution in [0.5, 0.6) is 0 Å². The van der Waals surface area contributed by atoms with E-state index in [0.717, 1.165) is 6.42 Å². The van der Waals surface area contributed by atoms with Crippen LogP contribution in [0.15, 0.2) is 29.2 Å². The summed E-state index contributed by atoms with van der Waals surface area (Å²) in [5, 5.41) is 0.540. The van der Waals surface area contributed by atoms with Crippen LogP contribution in [0.3, 0.4) is 0 Å². The van der Waals surface area contributed by atoms with Crippen molar-refractivity contribution in [2.24, 2.45) is 0 Å². The Balaban J connectivity index is 2.60. The van der Waals surface area contributed by atoms with Crippen molar-refractivity contribution in [2.75, 3.05) is 19.5 Å². The van der Waals surface area contributed by atoms with Crippen molar-refractivity contribution in [3.63, 3.8) is 0 Å². The van der Waals surface area contributed by atoms with Gasteiger partial charge in [-0.1, -0.05) is 11.6 Å². The topological polar surface area (TPSA) is 43.4 Å². The molecule has 0 aliphatic rings. The Hall–Kier alpha value is -0.580. The molecule has 3 nitrogen and oxygen atoms in total. The zero-order chi connectivity index (χ0) is 12.0. The average Bonchev–Trinajstić information content (AvgIpc) is 2.25. The van der Waals surface area contributed by atoms with Gasteiger partial charge in [0, 0.05) is 18.7 Å². The van der Waals surface area contributed by atoms with Gasteiger partial charge in [0.2, 0.25) is 0 Å². The van der Waals surface area contributed by atoms with Gasteiger partial charge in [-0.25, -0.2) is 8.42 Å². The van der Waals surface area contributed by atoms with Crippen LogP contribution in [0.25, 0.3) is 0 Å². The van der Waals surface area contributed by atoms with Crippen LogP contribution in [0.4, 0.5) is 0 Å². The third kappa shape index (κ3) is 4.12. The molecule has 0 N–H and O–H groups in total. The van der Waals surface area contributed by atoms with Gasteiger partial charge in [-0.15, -0.1) is 0 Å². The average molecular weight is 263 g/mol. The number of rotatable bonds is 6. The molecule has 0 unspecified atom stereocenters. The SMILES string of the molecule is COCCCCS(=O)(=O)c1ccc(Cl)cc1. The molecule has 0 saturated carbocycles. The Morgan fingerprint density at radius 3 is 2.38 bits per heavy atom. The summed E-state index contributed by atoms with van der Waals surface area (Å²) in [6, 6.07) is 6.25. The third-order valence-corrected chi connectivity index (χ3v) is 4.25. The molecular formula is C11H15ClO3S. The van der Waals surface area contributed by atoms with Crippen molar-refractivity contribution in [2.45, 2.75) is 17.7 Å². The Morgan fingerprint density at radius 1 is 1.19 bits per heavy atom. The van der Waals surface area contributed by atoms with Crippen LogP contribution >= 0.6 is 11.6 Å². The largest absolute Gasteiger partial charge is 0.385 e. The predicted octanol–water partition coefficient (Wildman–Crippen LogP) is 2.54. The van der Waals surface area contributed by atoms with E-state index in [1.165, 1.54) is 12.1 Å². The predicted molar refractivity (Wildman–Crippen MR) is 64.6 cm³/mol. The van der Waals surface area contributed by atoms with E-state index in [4.69, 9.17) is 16.3 Å². The molecule has 0 aromatic heterocycles. The first kappa shape index (κ1) is 13.5. The van der Waals surface area contributed by atoms with Crippen molar-refractivity contribution in [1.29, 1.82) is 0 Å². The lowest BCUT2D eigenvalue weighted by Gasteiger charge is -2.04. The number of methoxy groups -OCH3 is 1. The van der Waals surface area contributed by atoms with Crippen molar-refractivity contribution in [3.8, 4) is 0 Å². The molecule has 0 bridgehead atoms. The van der Waals surface area contributed by atoms with E-state index in [1.54, 1.807) is 19.2 Å². The van der Waals surface area contributed by atoms with Gasteiger partial charge in [0.1, 0.15) is 0 Å². The molecule has 90 valence electrons. The van der Waals surface area contributed by atoms with Crippen LogP contribution in [-0.4, -0.2) is 27.9 Å². The molecule has 5 heteroatoms. The quantitative estimate of drug-likeness (QED) is 0.740. The summed E-state index contributed by atoms with van der Waals surface area (Å²) < 4.78 is 28.5. The molecule has 0 aliphatic heterocycles. The van der Waals surface area contributed by atoms with Gasteiger partial charge in [-0.2, -0.15) is 0 Å². The third-order valence-electron chi connectivity index (χ3n) is 2.18. The Bertz CT molecular complexity index is 411. The fourth-order valence-electron chi connectivity index (χ4n) is 1.30. The fourth-order valence-corrected chi connectivity index (χ4v) is 2.79. The summed E-state index contributed by atoms with van der Waals surface area (Å²) in [5.74, 6) is 0.151. The van der Waals surface area contributed by atoms with E-state index in [9.17, 15) is 8.42 Å². The number of hydrogen-bond acceptors (Lipinski definition) is 3. The minimum Gasteiger partial charge on any atom is -0.385 e. The van der Waals surface area contributed by atoms with Gasteiger partial charge in [-0.3, -0.25) is 0 Å². The molecule has 0 saturated heterocycles. The van der Waals surface area contributed by atoms with Crippen LogP contribution < -0.4 is 0 Å². The molecule has 0 aliphatic carbocycles. The molecule has 0 atom stereocenters.